The minimum Gasteiger partial charge on any atom is -0.466 e. The largest absolute Gasteiger partial charge is 0.466 e. The Kier molecular flexibility index (Phi) is 63.9. The average molecular weight is 1070 g/mol. The summed E-state index contributed by atoms with van der Waals surface area (Å²) in [7, 11) is 0. The monoisotopic (exact) mass is 1070 g/mol. The maximum atomic E-state index is 12.5. The molecule has 0 fully saturated rings. The number of amides is 1. The Morgan fingerprint density at radius 2 is 0.658 bits per heavy atom. The van der Waals surface area contributed by atoms with Crippen LogP contribution in [0.25, 0.3) is 0 Å². The Morgan fingerprint density at radius 1 is 0.368 bits per heavy atom. The SMILES string of the molecule is CCCCC/C=C\C/C=C\CCCCCCCCCCCC(=O)OCCCCCCCCC/C=C\CCCCCCCC(=O)NC(CO)C(O)CCCCCCCCCCCCCCCCCCCCCCCCCC. The molecule has 0 aromatic heterocycles. The van der Waals surface area contributed by atoms with Gasteiger partial charge in [-0.05, 0) is 83.5 Å². The van der Waals surface area contributed by atoms with Crippen molar-refractivity contribution in [1.29, 1.82) is 0 Å². The molecule has 76 heavy (non-hydrogen) atoms. The summed E-state index contributed by atoms with van der Waals surface area (Å²) in [5, 5.41) is 23.4. The molecule has 0 aliphatic heterocycles. The highest BCUT2D eigenvalue weighted by Gasteiger charge is 2.20. The summed E-state index contributed by atoms with van der Waals surface area (Å²) in [5.41, 5.74) is 0. The van der Waals surface area contributed by atoms with Gasteiger partial charge in [0.2, 0.25) is 5.91 Å². The summed E-state index contributed by atoms with van der Waals surface area (Å²) in [6, 6.07) is -0.556. The van der Waals surface area contributed by atoms with E-state index in [0.717, 1.165) is 70.6 Å². The average Bonchev–Trinajstić information content (AvgIpc) is 3.42. The van der Waals surface area contributed by atoms with Gasteiger partial charge in [-0.3, -0.25) is 9.59 Å². The van der Waals surface area contributed by atoms with Gasteiger partial charge < -0.3 is 20.3 Å². The molecule has 448 valence electrons. The number of aliphatic hydroxyl groups is 2. The van der Waals surface area contributed by atoms with Crippen molar-refractivity contribution in [2.75, 3.05) is 13.2 Å². The van der Waals surface area contributed by atoms with E-state index in [-0.39, 0.29) is 18.5 Å². The Labute approximate surface area is 474 Å². The molecule has 0 spiro atoms. The van der Waals surface area contributed by atoms with Crippen LogP contribution in [0.1, 0.15) is 373 Å². The predicted molar refractivity (Wildman–Crippen MR) is 333 cm³/mol. The maximum absolute atomic E-state index is 12.5. The van der Waals surface area contributed by atoms with Gasteiger partial charge in [-0.1, -0.05) is 314 Å². The molecule has 3 N–H and O–H groups in total. The van der Waals surface area contributed by atoms with Crippen LogP contribution in [0.2, 0.25) is 0 Å². The van der Waals surface area contributed by atoms with Crippen LogP contribution in [-0.2, 0) is 14.3 Å². The highest BCUT2D eigenvalue weighted by Crippen LogP contribution is 2.18. The lowest BCUT2D eigenvalue weighted by atomic mass is 10.0. The summed E-state index contributed by atoms with van der Waals surface area (Å²) < 4.78 is 5.49. The van der Waals surface area contributed by atoms with Gasteiger partial charge in [0.05, 0.1) is 25.4 Å². The van der Waals surface area contributed by atoms with Crippen molar-refractivity contribution in [3.63, 3.8) is 0 Å². The lowest BCUT2D eigenvalue weighted by Crippen LogP contribution is -2.45. The van der Waals surface area contributed by atoms with Gasteiger partial charge in [-0.15, -0.1) is 0 Å². The Hall–Kier alpha value is -1.92. The van der Waals surface area contributed by atoms with Crippen LogP contribution in [0, 0.1) is 0 Å². The molecular weight excluding hydrogens is 935 g/mol. The standard InChI is InChI=1S/C70H133NO5/c1-3-5-7-9-11-13-15-17-19-21-23-24-25-26-27-29-30-34-38-42-46-50-54-58-62-68(73)67(66-72)71-69(74)63-59-55-51-47-43-39-35-32-33-37-41-45-49-53-57-61-65-76-70(75)64-60-56-52-48-44-40-36-31-28-22-20-18-16-14-12-10-8-6-4-2/h12,14,18,20,32,35,67-68,72-73H,3-11,13,15-17,19,21-31,33-34,36-66H2,1-2H3,(H,71,74)/b14-12-,20-18-,35-32-. The number of unbranched alkanes of at least 4 members (excludes halogenated alkanes) is 47. The number of carbonyl (C=O) groups is 2. The number of hydrogen-bond acceptors (Lipinski definition) is 5. The molecule has 0 saturated carbocycles. The molecule has 0 aromatic carbocycles. The Balaban J connectivity index is 3.45. The Bertz CT molecular complexity index is 1230. The van der Waals surface area contributed by atoms with Crippen molar-refractivity contribution in [3.05, 3.63) is 36.5 Å². The number of nitrogens with one attached hydrogen (secondary N) is 1. The van der Waals surface area contributed by atoms with E-state index >= 15 is 0 Å². The zero-order chi connectivity index (χ0) is 55.0. The van der Waals surface area contributed by atoms with Crippen molar-refractivity contribution >= 4 is 11.9 Å². The van der Waals surface area contributed by atoms with E-state index in [1.807, 2.05) is 0 Å². The first-order chi connectivity index (χ1) is 37.5. The molecule has 0 rings (SSSR count). The number of rotatable bonds is 64. The molecule has 6 nitrogen and oxygen atoms in total. The summed E-state index contributed by atoms with van der Waals surface area (Å²) in [6.45, 7) is 4.93. The van der Waals surface area contributed by atoms with Crippen LogP contribution in [-0.4, -0.2) is 47.4 Å². The first kappa shape index (κ1) is 74.1. The highest BCUT2D eigenvalue weighted by molar-refractivity contribution is 5.76. The van der Waals surface area contributed by atoms with Crippen LogP contribution < -0.4 is 5.32 Å². The summed E-state index contributed by atoms with van der Waals surface area (Å²) in [6.07, 6.45) is 83.1. The van der Waals surface area contributed by atoms with Crippen molar-refractivity contribution in [2.24, 2.45) is 0 Å². The van der Waals surface area contributed by atoms with E-state index < -0.39 is 12.1 Å². The van der Waals surface area contributed by atoms with Crippen LogP contribution in [0.5, 0.6) is 0 Å². The molecule has 2 atom stereocenters. The van der Waals surface area contributed by atoms with Gasteiger partial charge in [0.15, 0.2) is 0 Å². The molecule has 0 aliphatic rings. The van der Waals surface area contributed by atoms with Crippen LogP contribution in [0.15, 0.2) is 36.5 Å². The number of hydrogen-bond donors (Lipinski definition) is 3. The summed E-state index contributed by atoms with van der Waals surface area (Å²) in [4.78, 5) is 24.7. The fourth-order valence-corrected chi connectivity index (χ4v) is 10.7. The van der Waals surface area contributed by atoms with Gasteiger partial charge in [0, 0.05) is 12.8 Å². The third kappa shape index (κ3) is 61.3. The molecule has 0 aromatic rings. The number of ether oxygens (including phenoxy) is 1. The van der Waals surface area contributed by atoms with Crippen molar-refractivity contribution in [1.82, 2.24) is 5.32 Å². The molecule has 0 aliphatic carbocycles. The van der Waals surface area contributed by atoms with Crippen LogP contribution in [0.3, 0.4) is 0 Å². The zero-order valence-electron chi connectivity index (χ0n) is 51.3. The molecule has 0 bridgehead atoms. The van der Waals surface area contributed by atoms with E-state index in [9.17, 15) is 19.8 Å². The molecule has 1 amide bonds. The molecule has 2 unspecified atom stereocenters. The number of allylic oxidation sites excluding steroid dienone is 6. The second-order valence-corrected chi connectivity index (χ2v) is 23.5. The van der Waals surface area contributed by atoms with Crippen molar-refractivity contribution in [3.8, 4) is 0 Å². The number of esters is 1. The second kappa shape index (κ2) is 65.6. The number of carbonyl (C=O) groups excluding carboxylic acids is 2. The molecule has 0 saturated heterocycles. The van der Waals surface area contributed by atoms with E-state index in [4.69, 9.17) is 4.74 Å². The van der Waals surface area contributed by atoms with Crippen molar-refractivity contribution < 1.29 is 24.5 Å². The topological polar surface area (TPSA) is 95.9 Å². The maximum Gasteiger partial charge on any atom is 0.305 e. The third-order valence-electron chi connectivity index (χ3n) is 15.9. The van der Waals surface area contributed by atoms with Crippen LogP contribution in [0.4, 0.5) is 0 Å². The highest BCUT2D eigenvalue weighted by atomic mass is 16.5. The third-order valence-corrected chi connectivity index (χ3v) is 15.9. The fourth-order valence-electron chi connectivity index (χ4n) is 10.7. The van der Waals surface area contributed by atoms with E-state index in [1.54, 1.807) is 0 Å². The van der Waals surface area contributed by atoms with Crippen molar-refractivity contribution in [2.45, 2.75) is 386 Å². The smallest absolute Gasteiger partial charge is 0.305 e. The van der Waals surface area contributed by atoms with Gasteiger partial charge in [-0.25, -0.2) is 0 Å². The first-order valence-electron chi connectivity index (χ1n) is 34.2. The van der Waals surface area contributed by atoms with Gasteiger partial charge >= 0.3 is 5.97 Å². The normalized spacial score (nSPS) is 12.7. The quantitative estimate of drug-likeness (QED) is 0.0320. The van der Waals surface area contributed by atoms with E-state index in [1.165, 1.54) is 270 Å². The summed E-state index contributed by atoms with van der Waals surface area (Å²) >= 11 is 0. The van der Waals surface area contributed by atoms with Gasteiger partial charge in [-0.2, -0.15) is 0 Å². The zero-order valence-corrected chi connectivity index (χ0v) is 51.3. The Morgan fingerprint density at radius 3 is 1.04 bits per heavy atom. The predicted octanol–water partition coefficient (Wildman–Crippen LogP) is 21.9. The van der Waals surface area contributed by atoms with E-state index in [0.29, 0.717) is 25.9 Å². The molecule has 0 radical (unpaired) electrons. The van der Waals surface area contributed by atoms with Gasteiger partial charge in [0.25, 0.3) is 0 Å². The lowest BCUT2D eigenvalue weighted by Gasteiger charge is -2.22. The van der Waals surface area contributed by atoms with Crippen LogP contribution >= 0.6 is 0 Å². The lowest BCUT2D eigenvalue weighted by molar-refractivity contribution is -0.143. The molecule has 0 heterocycles. The minimum atomic E-state index is -0.677. The molecule has 6 heteroatoms. The number of aliphatic hydroxyl groups excluding tert-OH is 2. The molecular formula is C70H133NO5. The van der Waals surface area contributed by atoms with Gasteiger partial charge in [0.1, 0.15) is 0 Å². The first-order valence-corrected chi connectivity index (χ1v) is 34.2. The fraction of sp³-hybridized carbons (Fsp3) is 0.886. The minimum absolute atomic E-state index is 0.00569. The second-order valence-electron chi connectivity index (χ2n) is 23.5. The van der Waals surface area contributed by atoms with E-state index in [2.05, 4.69) is 55.6 Å². The summed E-state index contributed by atoms with van der Waals surface area (Å²) in [5.74, 6) is -0.0541.